The lowest BCUT2D eigenvalue weighted by Crippen LogP contribution is -2.41. The van der Waals surface area contributed by atoms with Gasteiger partial charge in [0, 0.05) is 37.2 Å². The largest absolute Gasteiger partial charge is 0.491 e. The Morgan fingerprint density at radius 3 is 2.92 bits per heavy atom. The van der Waals surface area contributed by atoms with Crippen molar-refractivity contribution >= 4 is 21.6 Å². The highest BCUT2D eigenvalue weighted by molar-refractivity contribution is 7.90. The minimum Gasteiger partial charge on any atom is -0.491 e. The van der Waals surface area contributed by atoms with Gasteiger partial charge in [0.15, 0.2) is 0 Å². The number of rotatable bonds is 6. The second-order valence-electron chi connectivity index (χ2n) is 6.99. The summed E-state index contributed by atoms with van der Waals surface area (Å²) in [6.07, 6.45) is 4.94. The van der Waals surface area contributed by atoms with Crippen LogP contribution < -0.4 is 10.1 Å². The first-order valence-electron chi connectivity index (χ1n) is 9.00. The number of nitrogens with one attached hydrogen (secondary N) is 1. The zero-order valence-electron chi connectivity index (χ0n) is 15.0. The van der Waals surface area contributed by atoms with Crippen LogP contribution in [-0.4, -0.2) is 63.3 Å². The molecule has 2 heterocycles. The number of urea groups is 1. The van der Waals surface area contributed by atoms with Gasteiger partial charge < -0.3 is 19.7 Å². The smallest absolute Gasteiger partial charge is 0.322 e. The Bertz CT molecular complexity index is 731. The Balaban J connectivity index is 1.57. The van der Waals surface area contributed by atoms with Gasteiger partial charge in [-0.05, 0) is 37.8 Å². The molecule has 0 saturated carbocycles. The van der Waals surface area contributed by atoms with E-state index in [2.05, 4.69) is 5.32 Å². The summed E-state index contributed by atoms with van der Waals surface area (Å²) < 4.78 is 34.4. The first-order valence-corrected chi connectivity index (χ1v) is 11.1. The molecule has 1 aromatic rings. The number of sulfone groups is 1. The summed E-state index contributed by atoms with van der Waals surface area (Å²) in [5.41, 5.74) is 0.629. The second kappa shape index (κ2) is 8.26. The lowest BCUT2D eigenvalue weighted by atomic mass is 10.2. The zero-order valence-corrected chi connectivity index (χ0v) is 15.8. The van der Waals surface area contributed by atoms with Gasteiger partial charge in [-0.15, -0.1) is 0 Å². The van der Waals surface area contributed by atoms with Crippen molar-refractivity contribution in [2.24, 2.45) is 0 Å². The molecule has 8 heteroatoms. The fraction of sp³-hybridized carbons (Fsp3) is 0.611. The molecule has 2 saturated heterocycles. The van der Waals surface area contributed by atoms with Crippen molar-refractivity contribution in [2.45, 2.75) is 37.8 Å². The Hall–Kier alpha value is -1.80. The Kier molecular flexibility index (Phi) is 6.03. The highest BCUT2D eigenvalue weighted by Gasteiger charge is 2.31. The number of likely N-dealkylation sites (tertiary alicyclic amines) is 1. The third kappa shape index (κ3) is 5.35. The fourth-order valence-electron chi connectivity index (χ4n) is 3.45. The molecule has 0 aromatic heterocycles. The number of amides is 2. The van der Waals surface area contributed by atoms with Gasteiger partial charge >= 0.3 is 6.03 Å². The normalized spacial score (nSPS) is 23.2. The van der Waals surface area contributed by atoms with E-state index in [1.807, 2.05) is 12.1 Å². The quantitative estimate of drug-likeness (QED) is 0.816. The molecule has 2 fully saturated rings. The maximum atomic E-state index is 12.5. The maximum absolute atomic E-state index is 12.5. The summed E-state index contributed by atoms with van der Waals surface area (Å²) in [7, 11) is -3.12. The molecule has 0 aliphatic carbocycles. The summed E-state index contributed by atoms with van der Waals surface area (Å²) in [5.74, 6) is 0.678. The van der Waals surface area contributed by atoms with Crippen LogP contribution in [0, 0.1) is 0 Å². The molecule has 1 unspecified atom stereocenters. The molecule has 2 aliphatic heterocycles. The Morgan fingerprint density at radius 1 is 1.35 bits per heavy atom. The molecule has 144 valence electrons. The first-order chi connectivity index (χ1) is 12.4. The third-order valence-corrected chi connectivity index (χ3v) is 5.67. The molecule has 2 aliphatic rings. The van der Waals surface area contributed by atoms with Crippen molar-refractivity contribution in [1.82, 2.24) is 4.90 Å². The number of ether oxygens (including phenoxy) is 2. The van der Waals surface area contributed by atoms with Crippen LogP contribution in [0.5, 0.6) is 5.75 Å². The predicted octanol–water partition coefficient (Wildman–Crippen LogP) is 2.29. The number of carbonyl (C=O) groups is 1. The molecule has 0 radical (unpaired) electrons. The number of hydrogen-bond donors (Lipinski definition) is 1. The van der Waals surface area contributed by atoms with Crippen LogP contribution >= 0.6 is 0 Å². The minimum atomic E-state index is -3.12. The Morgan fingerprint density at radius 2 is 2.19 bits per heavy atom. The first kappa shape index (κ1) is 19.0. The van der Waals surface area contributed by atoms with Gasteiger partial charge in [-0.2, -0.15) is 0 Å². The maximum Gasteiger partial charge on any atom is 0.322 e. The van der Waals surface area contributed by atoms with E-state index in [1.54, 1.807) is 17.0 Å². The summed E-state index contributed by atoms with van der Waals surface area (Å²) in [5, 5.41) is 2.85. The lowest BCUT2D eigenvalue weighted by Gasteiger charge is -2.24. The molecule has 2 amide bonds. The number of anilines is 1. The van der Waals surface area contributed by atoms with Crippen LogP contribution in [0.3, 0.4) is 0 Å². The standard InChI is InChI=1S/C18H26N2O5S/c1-26(22,23)13-15-6-3-9-20(15)18(21)19-14-5-2-7-16(11-14)25-12-17-8-4-10-24-17/h2,5,7,11,15,17H,3-4,6,8-10,12-13H2,1H3,(H,19,21)/t15-,17?/m1/s1. The average Bonchev–Trinajstić information content (AvgIpc) is 3.23. The van der Waals surface area contributed by atoms with Crippen molar-refractivity contribution in [3.63, 3.8) is 0 Å². The van der Waals surface area contributed by atoms with Crippen molar-refractivity contribution in [3.8, 4) is 5.75 Å². The van der Waals surface area contributed by atoms with E-state index in [1.165, 1.54) is 6.26 Å². The fourth-order valence-corrected chi connectivity index (χ4v) is 4.50. The number of hydrogen-bond acceptors (Lipinski definition) is 5. The van der Waals surface area contributed by atoms with Crippen LogP contribution in [0.4, 0.5) is 10.5 Å². The molecule has 7 nitrogen and oxygen atoms in total. The van der Waals surface area contributed by atoms with Crippen LogP contribution in [0.2, 0.25) is 0 Å². The van der Waals surface area contributed by atoms with E-state index in [4.69, 9.17) is 9.47 Å². The summed E-state index contributed by atoms with van der Waals surface area (Å²) >= 11 is 0. The van der Waals surface area contributed by atoms with E-state index in [0.717, 1.165) is 25.9 Å². The molecular weight excluding hydrogens is 356 g/mol. The molecule has 0 spiro atoms. The summed E-state index contributed by atoms with van der Waals surface area (Å²) in [6.45, 7) is 1.86. The van der Waals surface area contributed by atoms with E-state index >= 15 is 0 Å². The molecule has 2 atom stereocenters. The highest BCUT2D eigenvalue weighted by atomic mass is 32.2. The van der Waals surface area contributed by atoms with Gasteiger partial charge in [0.25, 0.3) is 0 Å². The van der Waals surface area contributed by atoms with Crippen LogP contribution in [0.15, 0.2) is 24.3 Å². The molecule has 1 N–H and O–H groups in total. The van der Waals surface area contributed by atoms with Gasteiger partial charge in [0.05, 0.1) is 11.9 Å². The number of benzene rings is 1. The van der Waals surface area contributed by atoms with Crippen molar-refractivity contribution in [1.29, 1.82) is 0 Å². The van der Waals surface area contributed by atoms with Gasteiger partial charge in [-0.25, -0.2) is 13.2 Å². The molecule has 0 bridgehead atoms. The summed E-state index contributed by atoms with van der Waals surface area (Å²) in [4.78, 5) is 14.2. The van der Waals surface area contributed by atoms with Crippen molar-refractivity contribution in [3.05, 3.63) is 24.3 Å². The van der Waals surface area contributed by atoms with E-state index < -0.39 is 9.84 Å². The van der Waals surface area contributed by atoms with Crippen LogP contribution in [-0.2, 0) is 14.6 Å². The molecule has 26 heavy (non-hydrogen) atoms. The van der Waals surface area contributed by atoms with Crippen LogP contribution in [0.25, 0.3) is 0 Å². The van der Waals surface area contributed by atoms with E-state index in [0.29, 0.717) is 31.0 Å². The van der Waals surface area contributed by atoms with E-state index in [-0.39, 0.29) is 23.9 Å². The topological polar surface area (TPSA) is 84.9 Å². The third-order valence-electron chi connectivity index (χ3n) is 4.68. The zero-order chi connectivity index (χ0) is 18.6. The van der Waals surface area contributed by atoms with Crippen molar-refractivity contribution in [2.75, 3.05) is 37.1 Å². The average molecular weight is 382 g/mol. The van der Waals surface area contributed by atoms with Gasteiger partial charge in [0.1, 0.15) is 22.2 Å². The monoisotopic (exact) mass is 382 g/mol. The van der Waals surface area contributed by atoms with Gasteiger partial charge in [0.2, 0.25) is 0 Å². The predicted molar refractivity (Wildman–Crippen MR) is 99.4 cm³/mol. The van der Waals surface area contributed by atoms with Gasteiger partial charge in [-0.3, -0.25) is 0 Å². The Labute approximate surface area is 154 Å². The van der Waals surface area contributed by atoms with E-state index in [9.17, 15) is 13.2 Å². The van der Waals surface area contributed by atoms with Gasteiger partial charge in [-0.1, -0.05) is 6.07 Å². The summed E-state index contributed by atoms with van der Waals surface area (Å²) in [6, 6.07) is 6.69. The molecular formula is C18H26N2O5S. The molecule has 3 rings (SSSR count). The lowest BCUT2D eigenvalue weighted by molar-refractivity contribution is 0.0680. The highest BCUT2D eigenvalue weighted by Crippen LogP contribution is 2.23. The second-order valence-corrected chi connectivity index (χ2v) is 9.17. The number of carbonyl (C=O) groups excluding carboxylic acids is 1. The van der Waals surface area contributed by atoms with Crippen LogP contribution in [0.1, 0.15) is 25.7 Å². The number of nitrogens with zero attached hydrogens (tertiary/aromatic N) is 1. The van der Waals surface area contributed by atoms with Crippen molar-refractivity contribution < 1.29 is 22.7 Å². The minimum absolute atomic E-state index is 0.00492. The molecule has 1 aromatic carbocycles. The SMILES string of the molecule is CS(=O)(=O)C[C@H]1CCCN1C(=O)Nc1cccc(OCC2CCCO2)c1.